The molecular formula is C54H33N3O. The number of para-hydroxylation sites is 5. The van der Waals surface area contributed by atoms with Gasteiger partial charge in [-0.25, -0.2) is 0 Å². The van der Waals surface area contributed by atoms with E-state index in [1.165, 1.54) is 71.0 Å². The minimum Gasteiger partial charge on any atom is -0.456 e. The zero-order chi connectivity index (χ0) is 37.9. The molecule has 13 rings (SSSR count). The van der Waals surface area contributed by atoms with Crippen molar-refractivity contribution in [2.45, 2.75) is 0 Å². The Morgan fingerprint density at radius 3 is 1.41 bits per heavy atom. The summed E-state index contributed by atoms with van der Waals surface area (Å²) in [6, 6.07) is 72.5. The largest absolute Gasteiger partial charge is 0.456 e. The summed E-state index contributed by atoms with van der Waals surface area (Å²) in [6.45, 7) is 0. The fraction of sp³-hybridized carbons (Fsp3) is 0. The van der Waals surface area contributed by atoms with E-state index in [1.807, 2.05) is 6.07 Å². The summed E-state index contributed by atoms with van der Waals surface area (Å²) in [5, 5.41) is 9.72. The predicted molar refractivity (Wildman–Crippen MR) is 242 cm³/mol. The van der Waals surface area contributed by atoms with Gasteiger partial charge in [-0.3, -0.25) is 0 Å². The quantitative estimate of drug-likeness (QED) is 0.177. The first-order valence-corrected chi connectivity index (χ1v) is 19.8. The lowest BCUT2D eigenvalue weighted by Crippen LogP contribution is -1.94. The van der Waals surface area contributed by atoms with Gasteiger partial charge in [0.05, 0.1) is 33.1 Å². The second-order valence-electron chi connectivity index (χ2n) is 15.3. The van der Waals surface area contributed by atoms with E-state index >= 15 is 0 Å². The molecule has 0 fully saturated rings. The highest BCUT2D eigenvalue weighted by molar-refractivity contribution is 6.29. The fourth-order valence-electron chi connectivity index (χ4n) is 9.73. The first kappa shape index (κ1) is 31.4. The van der Waals surface area contributed by atoms with Gasteiger partial charge in [0.25, 0.3) is 0 Å². The maximum absolute atomic E-state index is 6.41. The second-order valence-corrected chi connectivity index (χ2v) is 15.3. The topological polar surface area (TPSA) is 27.9 Å². The average molecular weight is 740 g/mol. The van der Waals surface area contributed by atoms with Gasteiger partial charge in [0.15, 0.2) is 0 Å². The Kier molecular flexibility index (Phi) is 6.41. The summed E-state index contributed by atoms with van der Waals surface area (Å²) in [4.78, 5) is 0. The summed E-state index contributed by atoms with van der Waals surface area (Å²) in [6.07, 6.45) is 0. The van der Waals surface area contributed by atoms with Crippen LogP contribution in [0, 0.1) is 0 Å². The van der Waals surface area contributed by atoms with E-state index in [4.69, 9.17) is 4.42 Å². The van der Waals surface area contributed by atoms with E-state index in [0.717, 1.165) is 44.5 Å². The van der Waals surface area contributed by atoms with Gasteiger partial charge in [0.1, 0.15) is 11.2 Å². The van der Waals surface area contributed by atoms with Crippen molar-refractivity contribution in [3.63, 3.8) is 0 Å². The summed E-state index contributed by atoms with van der Waals surface area (Å²) in [5.74, 6) is 0. The highest BCUT2D eigenvalue weighted by Gasteiger charge is 2.22. The standard InChI is InChI=1S/C54H33N3O/c1-4-14-36(15-5-1)55-45-22-12-10-21-40(45)53-47(55)28-29-48-54(53)41-26-24-35(31-49(41)57(48)38-18-8-3-9-19-38)34-25-27-46-42(30-34)43-32-44-39-20-11-13-23-51(39)58-52(44)33-50(43)56(46)37-16-6-2-7-17-37/h1-33H. The number of hydrogen-bond acceptors (Lipinski definition) is 1. The van der Waals surface area contributed by atoms with Gasteiger partial charge in [-0.05, 0) is 96.1 Å². The maximum atomic E-state index is 6.41. The maximum Gasteiger partial charge on any atom is 0.137 e. The predicted octanol–water partition coefficient (Wildman–Crippen LogP) is 14.5. The molecule has 0 aliphatic rings. The van der Waals surface area contributed by atoms with Crippen LogP contribution in [-0.4, -0.2) is 13.7 Å². The molecule has 4 nitrogen and oxygen atoms in total. The van der Waals surface area contributed by atoms with Crippen molar-refractivity contribution >= 4 is 87.4 Å². The van der Waals surface area contributed by atoms with Crippen LogP contribution in [0.4, 0.5) is 0 Å². The molecule has 0 aliphatic carbocycles. The molecule has 0 aliphatic heterocycles. The molecule has 0 bridgehead atoms. The molecule has 13 aromatic rings. The molecule has 9 aromatic carbocycles. The monoisotopic (exact) mass is 739 g/mol. The molecule has 4 aromatic heterocycles. The van der Waals surface area contributed by atoms with Crippen LogP contribution in [0.25, 0.3) is 116 Å². The van der Waals surface area contributed by atoms with Gasteiger partial charge in [-0.2, -0.15) is 0 Å². The minimum atomic E-state index is 0.897. The van der Waals surface area contributed by atoms with E-state index in [9.17, 15) is 0 Å². The van der Waals surface area contributed by atoms with E-state index in [0.29, 0.717) is 0 Å². The fourth-order valence-corrected chi connectivity index (χ4v) is 9.73. The number of rotatable bonds is 4. The Bertz CT molecular complexity index is 3770. The molecule has 0 N–H and O–H groups in total. The second kappa shape index (κ2) is 11.8. The van der Waals surface area contributed by atoms with Crippen LogP contribution in [0.3, 0.4) is 0 Å². The van der Waals surface area contributed by atoms with Crippen molar-refractivity contribution in [2.24, 2.45) is 0 Å². The Hall–Kier alpha value is -7.82. The third-order valence-electron chi connectivity index (χ3n) is 12.2. The number of aromatic nitrogens is 3. The number of fused-ring (bicyclic) bond motifs is 13. The van der Waals surface area contributed by atoms with Gasteiger partial charge in [-0.1, -0.05) is 109 Å². The summed E-state index contributed by atoms with van der Waals surface area (Å²) in [7, 11) is 0. The molecule has 0 radical (unpaired) electrons. The Balaban J connectivity index is 1.09. The van der Waals surface area contributed by atoms with Gasteiger partial charge in [0.2, 0.25) is 0 Å². The van der Waals surface area contributed by atoms with E-state index in [1.54, 1.807) is 0 Å². The van der Waals surface area contributed by atoms with Crippen LogP contribution in [0.2, 0.25) is 0 Å². The SMILES string of the molecule is c1ccc(-n2c3ccc(-c4ccc5c6c7c8ccccc8n(-c8ccccc8)c7ccc6n(-c6ccccc6)c5c4)cc3c3cc4c(cc32)oc2ccccc24)cc1. The summed E-state index contributed by atoms with van der Waals surface area (Å²) < 4.78 is 13.6. The lowest BCUT2D eigenvalue weighted by molar-refractivity contribution is 0.669. The van der Waals surface area contributed by atoms with Crippen molar-refractivity contribution in [2.75, 3.05) is 0 Å². The van der Waals surface area contributed by atoms with Gasteiger partial charge < -0.3 is 18.1 Å². The molecule has 0 saturated carbocycles. The number of hydrogen-bond donors (Lipinski definition) is 0. The zero-order valence-electron chi connectivity index (χ0n) is 31.3. The van der Waals surface area contributed by atoms with Crippen molar-refractivity contribution in [3.05, 3.63) is 200 Å². The number of benzene rings is 9. The van der Waals surface area contributed by atoms with Crippen molar-refractivity contribution in [1.29, 1.82) is 0 Å². The number of furan rings is 1. The van der Waals surface area contributed by atoms with Crippen LogP contribution < -0.4 is 0 Å². The molecule has 4 heterocycles. The lowest BCUT2D eigenvalue weighted by atomic mass is 9.99. The number of nitrogens with zero attached hydrogens (tertiary/aromatic N) is 3. The van der Waals surface area contributed by atoms with Crippen LogP contribution >= 0.6 is 0 Å². The van der Waals surface area contributed by atoms with Crippen molar-refractivity contribution < 1.29 is 4.42 Å². The van der Waals surface area contributed by atoms with Gasteiger partial charge in [-0.15, -0.1) is 0 Å². The molecule has 58 heavy (non-hydrogen) atoms. The minimum absolute atomic E-state index is 0.897. The highest BCUT2D eigenvalue weighted by Crippen LogP contribution is 2.44. The summed E-state index contributed by atoms with van der Waals surface area (Å²) >= 11 is 0. The third kappa shape index (κ3) is 4.34. The summed E-state index contributed by atoms with van der Waals surface area (Å²) in [5.41, 5.74) is 14.7. The van der Waals surface area contributed by atoms with Crippen molar-refractivity contribution in [1.82, 2.24) is 13.7 Å². The van der Waals surface area contributed by atoms with E-state index in [2.05, 4.69) is 208 Å². The molecular weight excluding hydrogens is 707 g/mol. The molecule has 0 spiro atoms. The Morgan fingerprint density at radius 1 is 0.259 bits per heavy atom. The average Bonchev–Trinajstić information content (AvgIpc) is 4.02. The van der Waals surface area contributed by atoms with Gasteiger partial charge in [0, 0.05) is 66.2 Å². The molecule has 270 valence electrons. The van der Waals surface area contributed by atoms with Crippen LogP contribution in [0.5, 0.6) is 0 Å². The van der Waals surface area contributed by atoms with Crippen molar-refractivity contribution in [3.8, 4) is 28.2 Å². The molecule has 0 unspecified atom stereocenters. The zero-order valence-corrected chi connectivity index (χ0v) is 31.3. The van der Waals surface area contributed by atoms with E-state index < -0.39 is 0 Å². The Labute approximate surface area is 332 Å². The molecule has 4 heteroatoms. The Morgan fingerprint density at radius 2 is 0.724 bits per heavy atom. The van der Waals surface area contributed by atoms with Crippen LogP contribution in [-0.2, 0) is 0 Å². The smallest absolute Gasteiger partial charge is 0.137 e. The molecule has 0 amide bonds. The molecule has 0 saturated heterocycles. The first-order valence-electron chi connectivity index (χ1n) is 19.8. The van der Waals surface area contributed by atoms with E-state index in [-0.39, 0.29) is 0 Å². The van der Waals surface area contributed by atoms with Gasteiger partial charge >= 0.3 is 0 Å². The third-order valence-corrected chi connectivity index (χ3v) is 12.2. The highest BCUT2D eigenvalue weighted by atomic mass is 16.3. The molecule has 0 atom stereocenters. The lowest BCUT2D eigenvalue weighted by Gasteiger charge is -2.10. The van der Waals surface area contributed by atoms with Crippen LogP contribution in [0.15, 0.2) is 205 Å². The first-order chi connectivity index (χ1) is 28.8. The normalized spacial score (nSPS) is 12.1. The van der Waals surface area contributed by atoms with Crippen LogP contribution in [0.1, 0.15) is 0 Å².